The van der Waals surface area contributed by atoms with E-state index in [1.165, 1.54) is 10.4 Å². The molecular formula is C24H22ClN3O3S. The number of anilines is 1. The number of benzene rings is 1. The Morgan fingerprint density at radius 1 is 1.19 bits per heavy atom. The number of amides is 2. The summed E-state index contributed by atoms with van der Waals surface area (Å²) in [7, 11) is 0. The number of carbonyl (C=O) groups excluding carboxylic acids is 2. The molecule has 3 aromatic rings. The van der Waals surface area contributed by atoms with Gasteiger partial charge >= 0.3 is 0 Å². The zero-order valence-electron chi connectivity index (χ0n) is 17.4. The first-order valence-corrected chi connectivity index (χ1v) is 11.8. The summed E-state index contributed by atoms with van der Waals surface area (Å²) in [6.07, 6.45) is 5.72. The normalized spacial score (nSPS) is 15.6. The van der Waals surface area contributed by atoms with Gasteiger partial charge < -0.3 is 9.73 Å². The van der Waals surface area contributed by atoms with Gasteiger partial charge in [0.15, 0.2) is 0 Å². The number of hydrogen-bond donors (Lipinski definition) is 1. The lowest BCUT2D eigenvalue weighted by Crippen LogP contribution is -2.41. The largest absolute Gasteiger partial charge is 0.467 e. The zero-order valence-corrected chi connectivity index (χ0v) is 19.0. The Morgan fingerprint density at radius 2 is 2.03 bits per heavy atom. The molecule has 1 aromatic carbocycles. The molecule has 1 N–H and O–H groups in total. The Kier molecular flexibility index (Phi) is 5.85. The van der Waals surface area contributed by atoms with Crippen molar-refractivity contribution >= 4 is 45.5 Å². The van der Waals surface area contributed by atoms with Crippen LogP contribution in [-0.4, -0.2) is 30.6 Å². The third-order valence-electron chi connectivity index (χ3n) is 5.78. The van der Waals surface area contributed by atoms with Crippen molar-refractivity contribution < 1.29 is 14.0 Å². The van der Waals surface area contributed by atoms with Crippen LogP contribution < -0.4 is 10.2 Å². The molecule has 0 fully saturated rings. The van der Waals surface area contributed by atoms with Crippen LogP contribution >= 0.6 is 22.9 Å². The lowest BCUT2D eigenvalue weighted by atomic mass is 9.91. The highest BCUT2D eigenvalue weighted by molar-refractivity contribution is 7.17. The summed E-state index contributed by atoms with van der Waals surface area (Å²) in [5.41, 5.74) is 3.77. The first kappa shape index (κ1) is 21.0. The molecular weight excluding hydrogens is 446 g/mol. The van der Waals surface area contributed by atoms with Crippen LogP contribution in [-0.2, 0) is 29.0 Å². The van der Waals surface area contributed by atoms with E-state index < -0.39 is 0 Å². The number of nitrogens with zero attached hydrogens (tertiary/aromatic N) is 2. The SMILES string of the molecule is O=C(CN1C(=O)CN=C(c2ccccc2Cl)c2c1sc1c2CCCC1)NCc1ccco1. The Bertz CT molecular complexity index is 1200. The Labute approximate surface area is 194 Å². The van der Waals surface area contributed by atoms with Gasteiger partial charge in [-0.25, -0.2) is 0 Å². The van der Waals surface area contributed by atoms with Crippen molar-refractivity contribution in [3.63, 3.8) is 0 Å². The van der Waals surface area contributed by atoms with Crippen LogP contribution in [0.3, 0.4) is 0 Å². The van der Waals surface area contributed by atoms with Crippen LogP contribution in [0, 0.1) is 0 Å². The second-order valence-electron chi connectivity index (χ2n) is 7.87. The number of nitrogens with one attached hydrogen (secondary N) is 1. The number of aliphatic imine (C=N–C) groups is 1. The number of aryl methyl sites for hydroxylation is 1. The quantitative estimate of drug-likeness (QED) is 0.605. The smallest absolute Gasteiger partial charge is 0.249 e. The number of fused-ring (bicyclic) bond motifs is 3. The molecule has 0 spiro atoms. The van der Waals surface area contributed by atoms with Crippen LogP contribution in [0.25, 0.3) is 0 Å². The number of hydrogen-bond acceptors (Lipinski definition) is 5. The fourth-order valence-corrected chi connectivity index (χ4v) is 5.87. The molecule has 1 aliphatic heterocycles. The van der Waals surface area contributed by atoms with Gasteiger partial charge in [-0.05, 0) is 49.4 Å². The average molecular weight is 468 g/mol. The summed E-state index contributed by atoms with van der Waals surface area (Å²) in [6, 6.07) is 11.2. The van der Waals surface area contributed by atoms with Crippen molar-refractivity contribution in [2.75, 3.05) is 18.0 Å². The van der Waals surface area contributed by atoms with E-state index in [1.807, 2.05) is 24.3 Å². The van der Waals surface area contributed by atoms with Crippen LogP contribution in [0.15, 0.2) is 52.1 Å². The molecule has 0 bridgehead atoms. The van der Waals surface area contributed by atoms with Crippen molar-refractivity contribution in [2.24, 2.45) is 4.99 Å². The second-order valence-corrected chi connectivity index (χ2v) is 9.36. The fraction of sp³-hybridized carbons (Fsp3) is 0.292. The molecule has 2 aliphatic rings. The van der Waals surface area contributed by atoms with Crippen LogP contribution in [0.4, 0.5) is 5.00 Å². The number of carbonyl (C=O) groups is 2. The monoisotopic (exact) mass is 467 g/mol. The molecule has 2 amide bonds. The molecule has 164 valence electrons. The van der Waals surface area contributed by atoms with E-state index in [0.717, 1.165) is 47.5 Å². The molecule has 32 heavy (non-hydrogen) atoms. The minimum atomic E-state index is -0.242. The predicted molar refractivity (Wildman–Crippen MR) is 126 cm³/mol. The number of furan rings is 1. The lowest BCUT2D eigenvalue weighted by Gasteiger charge is -2.20. The first-order valence-electron chi connectivity index (χ1n) is 10.7. The van der Waals surface area contributed by atoms with Crippen molar-refractivity contribution in [1.29, 1.82) is 0 Å². The summed E-state index contributed by atoms with van der Waals surface area (Å²) < 4.78 is 5.28. The minimum Gasteiger partial charge on any atom is -0.467 e. The van der Waals surface area contributed by atoms with Gasteiger partial charge in [-0.15, -0.1) is 11.3 Å². The number of rotatable bonds is 5. The highest BCUT2D eigenvalue weighted by Gasteiger charge is 2.33. The van der Waals surface area contributed by atoms with E-state index in [2.05, 4.69) is 5.32 Å². The summed E-state index contributed by atoms with van der Waals surface area (Å²) >= 11 is 8.13. The predicted octanol–water partition coefficient (Wildman–Crippen LogP) is 4.37. The van der Waals surface area contributed by atoms with E-state index in [0.29, 0.717) is 10.8 Å². The van der Waals surface area contributed by atoms with Crippen LogP contribution in [0.2, 0.25) is 5.02 Å². The number of thiophene rings is 1. The maximum atomic E-state index is 13.1. The Hall–Kier alpha value is -2.90. The molecule has 2 aromatic heterocycles. The first-order chi connectivity index (χ1) is 15.6. The van der Waals surface area contributed by atoms with Crippen molar-refractivity contribution in [2.45, 2.75) is 32.2 Å². The van der Waals surface area contributed by atoms with E-state index in [-0.39, 0.29) is 31.4 Å². The molecule has 6 nitrogen and oxygen atoms in total. The highest BCUT2D eigenvalue weighted by Crippen LogP contribution is 2.43. The summed E-state index contributed by atoms with van der Waals surface area (Å²) in [5.74, 6) is 0.227. The van der Waals surface area contributed by atoms with E-state index in [4.69, 9.17) is 21.0 Å². The molecule has 5 rings (SSSR count). The van der Waals surface area contributed by atoms with E-state index in [1.54, 1.807) is 34.6 Å². The molecule has 0 saturated carbocycles. The topological polar surface area (TPSA) is 74.9 Å². The van der Waals surface area contributed by atoms with Gasteiger partial charge in [0.1, 0.15) is 23.9 Å². The minimum absolute atomic E-state index is 0.0256. The molecule has 3 heterocycles. The fourth-order valence-electron chi connectivity index (χ4n) is 4.24. The maximum Gasteiger partial charge on any atom is 0.249 e. The van der Waals surface area contributed by atoms with Gasteiger partial charge in [0.2, 0.25) is 11.8 Å². The Morgan fingerprint density at radius 3 is 2.84 bits per heavy atom. The van der Waals surface area contributed by atoms with Crippen molar-refractivity contribution in [3.05, 3.63) is 75.0 Å². The summed E-state index contributed by atoms with van der Waals surface area (Å²) in [5, 5.41) is 4.24. The van der Waals surface area contributed by atoms with Gasteiger partial charge in [-0.3, -0.25) is 19.5 Å². The molecule has 1 aliphatic carbocycles. The lowest BCUT2D eigenvalue weighted by molar-refractivity contribution is -0.123. The molecule has 8 heteroatoms. The molecule has 0 radical (unpaired) electrons. The molecule has 0 saturated heterocycles. The number of halogens is 1. The van der Waals surface area contributed by atoms with Gasteiger partial charge in [-0.2, -0.15) is 0 Å². The van der Waals surface area contributed by atoms with Crippen LogP contribution in [0.5, 0.6) is 0 Å². The van der Waals surface area contributed by atoms with Crippen LogP contribution in [0.1, 0.15) is 40.2 Å². The zero-order chi connectivity index (χ0) is 22.1. The standard InChI is InChI=1S/C24H22ClN3O3S/c25-18-9-3-1-7-16(18)23-22-17-8-2-4-10-19(17)32-24(22)28(21(30)13-27-23)14-20(29)26-12-15-6-5-11-31-15/h1,3,5-7,9,11H,2,4,8,10,12-14H2,(H,26,29). The van der Waals surface area contributed by atoms with E-state index in [9.17, 15) is 9.59 Å². The molecule has 0 atom stereocenters. The van der Waals surface area contributed by atoms with Gasteiger partial charge in [0.05, 0.1) is 18.5 Å². The van der Waals surface area contributed by atoms with Crippen molar-refractivity contribution in [3.8, 4) is 0 Å². The van der Waals surface area contributed by atoms with Crippen molar-refractivity contribution in [1.82, 2.24) is 5.32 Å². The Balaban J connectivity index is 1.51. The highest BCUT2D eigenvalue weighted by atomic mass is 35.5. The third-order valence-corrected chi connectivity index (χ3v) is 7.42. The third kappa shape index (κ3) is 3.98. The second kappa shape index (κ2) is 8.92. The summed E-state index contributed by atoms with van der Waals surface area (Å²) in [6.45, 7) is 0.197. The molecule has 0 unspecified atom stereocenters. The average Bonchev–Trinajstić information content (AvgIpc) is 3.43. The van der Waals surface area contributed by atoms with Gasteiger partial charge in [0, 0.05) is 21.0 Å². The van der Waals surface area contributed by atoms with Gasteiger partial charge in [0.25, 0.3) is 0 Å². The summed E-state index contributed by atoms with van der Waals surface area (Å²) in [4.78, 5) is 33.4. The van der Waals surface area contributed by atoms with E-state index >= 15 is 0 Å². The maximum absolute atomic E-state index is 13.1. The van der Waals surface area contributed by atoms with Gasteiger partial charge in [-0.1, -0.05) is 29.8 Å².